The molecule has 1 aliphatic rings. The van der Waals surface area contributed by atoms with Gasteiger partial charge in [-0.25, -0.2) is 4.79 Å². The predicted molar refractivity (Wildman–Crippen MR) is 111 cm³/mol. The molecule has 3 heterocycles. The number of aromatic nitrogens is 5. The van der Waals surface area contributed by atoms with E-state index >= 15 is 0 Å². The Morgan fingerprint density at radius 2 is 1.87 bits per heavy atom. The van der Waals surface area contributed by atoms with Gasteiger partial charge in [-0.05, 0) is 18.6 Å². The third kappa shape index (κ3) is 3.16. The predicted octanol–water partition coefficient (Wildman–Crippen LogP) is 2.32. The van der Waals surface area contributed by atoms with Gasteiger partial charge in [0.05, 0.1) is 18.1 Å². The van der Waals surface area contributed by atoms with Crippen molar-refractivity contribution in [2.24, 2.45) is 0 Å². The molecule has 0 unspecified atom stereocenters. The second-order valence-corrected chi connectivity index (χ2v) is 7.54. The van der Waals surface area contributed by atoms with Crippen molar-refractivity contribution in [3.63, 3.8) is 0 Å². The molecule has 1 amide bonds. The van der Waals surface area contributed by atoms with Gasteiger partial charge in [-0.2, -0.15) is 4.98 Å². The summed E-state index contributed by atoms with van der Waals surface area (Å²) in [5, 5.41) is 9.35. The van der Waals surface area contributed by atoms with Gasteiger partial charge in [-0.3, -0.25) is 4.79 Å². The van der Waals surface area contributed by atoms with Gasteiger partial charge in [-0.1, -0.05) is 48.5 Å². The zero-order chi connectivity index (χ0) is 20.7. The number of fused-ring (bicyclic) bond motifs is 2. The van der Waals surface area contributed by atoms with Crippen molar-refractivity contribution in [1.29, 1.82) is 0 Å². The average molecular weight is 400 g/mol. The molecule has 8 nitrogen and oxygen atoms in total. The SMILES string of the molecule is C[C@H]1CN(C(=O)c2nc(=O)[nH]c3ccccc23)Cc2nnc(Cc3ccccc3)n21. The Labute approximate surface area is 172 Å². The highest BCUT2D eigenvalue weighted by atomic mass is 16.2. The van der Waals surface area contributed by atoms with E-state index in [0.29, 0.717) is 30.4 Å². The summed E-state index contributed by atoms with van der Waals surface area (Å²) in [6.07, 6.45) is 0.687. The smallest absolute Gasteiger partial charge is 0.328 e. The van der Waals surface area contributed by atoms with Gasteiger partial charge in [0, 0.05) is 18.4 Å². The fraction of sp³-hybridized carbons (Fsp3) is 0.227. The minimum Gasteiger partial charge on any atom is -0.328 e. The zero-order valence-electron chi connectivity index (χ0n) is 16.4. The Bertz CT molecular complexity index is 1290. The van der Waals surface area contributed by atoms with Crippen molar-refractivity contribution in [2.75, 3.05) is 6.54 Å². The molecule has 5 rings (SSSR count). The first kappa shape index (κ1) is 18.2. The molecule has 0 bridgehead atoms. The minimum atomic E-state index is -0.532. The lowest BCUT2D eigenvalue weighted by Gasteiger charge is -2.32. The first-order valence-electron chi connectivity index (χ1n) is 9.85. The second kappa shape index (κ2) is 7.22. The summed E-state index contributed by atoms with van der Waals surface area (Å²) in [7, 11) is 0. The number of H-pyrrole nitrogens is 1. The van der Waals surface area contributed by atoms with E-state index in [1.807, 2.05) is 37.3 Å². The average Bonchev–Trinajstić information content (AvgIpc) is 3.16. The molecule has 1 aliphatic heterocycles. The Hall–Kier alpha value is -3.81. The number of benzene rings is 2. The summed E-state index contributed by atoms with van der Waals surface area (Å²) in [6, 6.07) is 17.3. The highest BCUT2D eigenvalue weighted by Crippen LogP contribution is 2.25. The van der Waals surface area contributed by atoms with Crippen molar-refractivity contribution < 1.29 is 4.79 Å². The van der Waals surface area contributed by atoms with Crippen LogP contribution >= 0.6 is 0 Å². The number of rotatable bonds is 3. The van der Waals surface area contributed by atoms with Crippen LogP contribution in [-0.4, -0.2) is 42.1 Å². The van der Waals surface area contributed by atoms with Crippen molar-refractivity contribution in [3.8, 4) is 0 Å². The Kier molecular flexibility index (Phi) is 4.39. The van der Waals surface area contributed by atoms with Crippen molar-refractivity contribution in [3.05, 3.63) is 88.0 Å². The van der Waals surface area contributed by atoms with Crippen LogP contribution in [0.2, 0.25) is 0 Å². The highest BCUT2D eigenvalue weighted by Gasteiger charge is 2.31. The molecule has 1 N–H and O–H groups in total. The van der Waals surface area contributed by atoms with Crippen molar-refractivity contribution in [2.45, 2.75) is 25.9 Å². The normalized spacial score (nSPS) is 15.9. The van der Waals surface area contributed by atoms with Crippen LogP contribution in [0.3, 0.4) is 0 Å². The van der Waals surface area contributed by atoms with Crippen LogP contribution in [0.25, 0.3) is 10.9 Å². The van der Waals surface area contributed by atoms with Crippen molar-refractivity contribution in [1.82, 2.24) is 29.6 Å². The third-order valence-corrected chi connectivity index (χ3v) is 5.43. The van der Waals surface area contributed by atoms with Gasteiger partial charge < -0.3 is 14.5 Å². The molecule has 8 heteroatoms. The van der Waals surface area contributed by atoms with Crippen LogP contribution in [-0.2, 0) is 13.0 Å². The lowest BCUT2D eigenvalue weighted by atomic mass is 10.1. The van der Waals surface area contributed by atoms with Gasteiger partial charge in [0.15, 0.2) is 5.82 Å². The molecule has 0 saturated heterocycles. The quantitative estimate of drug-likeness (QED) is 0.569. The molecule has 0 saturated carbocycles. The molecule has 30 heavy (non-hydrogen) atoms. The lowest BCUT2D eigenvalue weighted by Crippen LogP contribution is -2.41. The van der Waals surface area contributed by atoms with Crippen LogP contribution in [0.15, 0.2) is 59.4 Å². The number of hydrogen-bond donors (Lipinski definition) is 1. The van der Waals surface area contributed by atoms with E-state index in [-0.39, 0.29) is 17.6 Å². The molecular formula is C22H20N6O2. The number of amides is 1. The van der Waals surface area contributed by atoms with E-state index in [4.69, 9.17) is 0 Å². The van der Waals surface area contributed by atoms with Crippen LogP contribution in [0.5, 0.6) is 0 Å². The maximum absolute atomic E-state index is 13.3. The molecule has 0 spiro atoms. The van der Waals surface area contributed by atoms with Gasteiger partial charge in [0.25, 0.3) is 5.91 Å². The molecule has 0 aliphatic carbocycles. The maximum atomic E-state index is 13.3. The summed E-state index contributed by atoms with van der Waals surface area (Å²) >= 11 is 0. The molecule has 0 fully saturated rings. The second-order valence-electron chi connectivity index (χ2n) is 7.54. The zero-order valence-corrected chi connectivity index (χ0v) is 16.4. The first-order valence-corrected chi connectivity index (χ1v) is 9.85. The number of aromatic amines is 1. The Morgan fingerprint density at radius 1 is 1.10 bits per heavy atom. The fourth-order valence-electron chi connectivity index (χ4n) is 4.08. The summed E-state index contributed by atoms with van der Waals surface area (Å²) in [5.74, 6) is 1.35. The number of nitrogens with one attached hydrogen (secondary N) is 1. The summed E-state index contributed by atoms with van der Waals surface area (Å²) in [5.41, 5.74) is 1.39. The standard InChI is InChI=1S/C22H20N6O2/c1-14-12-27(21(29)20-16-9-5-6-10-17(16)23-22(30)24-20)13-19-26-25-18(28(14)19)11-15-7-3-2-4-8-15/h2-10,14H,11-13H2,1H3,(H,23,24,30)/t14-/m0/s1. The van der Waals surface area contributed by atoms with Crippen LogP contribution in [0.4, 0.5) is 0 Å². The summed E-state index contributed by atoms with van der Waals surface area (Å²) < 4.78 is 2.11. The third-order valence-electron chi connectivity index (χ3n) is 5.43. The van der Waals surface area contributed by atoms with Gasteiger partial charge in [-0.15, -0.1) is 10.2 Å². The van der Waals surface area contributed by atoms with E-state index < -0.39 is 5.69 Å². The number of carbonyl (C=O) groups excluding carboxylic acids is 1. The van der Waals surface area contributed by atoms with Crippen molar-refractivity contribution >= 4 is 16.8 Å². The molecule has 150 valence electrons. The number of hydrogen-bond acceptors (Lipinski definition) is 5. The largest absolute Gasteiger partial charge is 0.346 e. The van der Waals surface area contributed by atoms with E-state index in [0.717, 1.165) is 17.2 Å². The van der Waals surface area contributed by atoms with Crippen LogP contribution in [0.1, 0.15) is 40.7 Å². The van der Waals surface area contributed by atoms with Gasteiger partial charge >= 0.3 is 5.69 Å². The molecule has 0 radical (unpaired) electrons. The molecule has 4 aromatic rings. The van der Waals surface area contributed by atoms with Crippen LogP contribution in [0, 0.1) is 0 Å². The minimum absolute atomic E-state index is 0.0136. The number of carbonyl (C=O) groups is 1. The number of nitrogens with zero attached hydrogens (tertiary/aromatic N) is 5. The fourth-order valence-corrected chi connectivity index (χ4v) is 4.08. The Morgan fingerprint density at radius 3 is 2.70 bits per heavy atom. The van der Waals surface area contributed by atoms with E-state index in [2.05, 4.69) is 36.9 Å². The van der Waals surface area contributed by atoms with Gasteiger partial charge in [0.2, 0.25) is 0 Å². The first-order chi connectivity index (χ1) is 14.6. The maximum Gasteiger partial charge on any atom is 0.346 e. The summed E-state index contributed by atoms with van der Waals surface area (Å²) in [4.78, 5) is 33.6. The highest BCUT2D eigenvalue weighted by molar-refractivity contribution is 6.04. The van der Waals surface area contributed by atoms with E-state index in [1.165, 1.54) is 0 Å². The molecule has 1 atom stereocenters. The van der Waals surface area contributed by atoms with Crippen LogP contribution < -0.4 is 5.69 Å². The van der Waals surface area contributed by atoms with Gasteiger partial charge in [0.1, 0.15) is 11.5 Å². The van der Waals surface area contributed by atoms with E-state index in [1.54, 1.807) is 17.0 Å². The Balaban J connectivity index is 1.46. The van der Waals surface area contributed by atoms with E-state index in [9.17, 15) is 9.59 Å². The monoisotopic (exact) mass is 400 g/mol. The molecule has 2 aromatic carbocycles. The lowest BCUT2D eigenvalue weighted by molar-refractivity contribution is 0.0675. The summed E-state index contributed by atoms with van der Waals surface area (Å²) in [6.45, 7) is 2.87. The molecule has 2 aromatic heterocycles. The molecular weight excluding hydrogens is 380 g/mol. The number of para-hydroxylation sites is 1. The topological polar surface area (TPSA) is 96.8 Å².